The first-order valence-electron chi connectivity index (χ1n) is 18.9. The van der Waals surface area contributed by atoms with Gasteiger partial charge in [0.2, 0.25) is 0 Å². The van der Waals surface area contributed by atoms with Crippen molar-refractivity contribution in [3.05, 3.63) is 224 Å². The third-order valence-electron chi connectivity index (χ3n) is 10.9. The molecule has 1 heteroatoms. The lowest BCUT2D eigenvalue weighted by Gasteiger charge is -2.27. The summed E-state index contributed by atoms with van der Waals surface area (Å²) in [6, 6.07) is 81.5. The van der Waals surface area contributed by atoms with Crippen LogP contribution in [0.2, 0.25) is 0 Å². The number of hydrogen-bond donors (Lipinski definition) is 0. The molecular weight excluding hydrogens is 663 g/mol. The molecule has 55 heavy (non-hydrogen) atoms. The SMILES string of the molecule is c1ccc(-c2ccc(N(c3ccc(-c4ccccc4)cc3)c3cccc(-c4ccc5c(c4)-c4ccccc4-c4ccccc4-c4ccccc4-5)c3)cc2)cc1. The fraction of sp³-hybridized carbons (Fsp3) is 0. The number of hydrogen-bond acceptors (Lipinski definition) is 1. The molecule has 258 valence electrons. The number of anilines is 3. The summed E-state index contributed by atoms with van der Waals surface area (Å²) in [5, 5.41) is 0. The monoisotopic (exact) mass is 699 g/mol. The second kappa shape index (κ2) is 14.0. The van der Waals surface area contributed by atoms with E-state index >= 15 is 0 Å². The second-order valence-electron chi connectivity index (χ2n) is 14.1. The van der Waals surface area contributed by atoms with Crippen LogP contribution in [-0.4, -0.2) is 0 Å². The van der Waals surface area contributed by atoms with Crippen molar-refractivity contribution in [2.24, 2.45) is 0 Å². The molecule has 0 heterocycles. The van der Waals surface area contributed by atoms with E-state index in [0.29, 0.717) is 0 Å². The zero-order chi connectivity index (χ0) is 36.6. The zero-order valence-corrected chi connectivity index (χ0v) is 30.3. The fourth-order valence-electron chi connectivity index (χ4n) is 8.18. The number of nitrogens with zero attached hydrogens (tertiary/aromatic N) is 1. The Kier molecular flexibility index (Phi) is 8.24. The van der Waals surface area contributed by atoms with Gasteiger partial charge in [-0.15, -0.1) is 0 Å². The molecule has 0 saturated heterocycles. The van der Waals surface area contributed by atoms with Gasteiger partial charge in [0, 0.05) is 17.1 Å². The molecular formula is C54H37N. The maximum Gasteiger partial charge on any atom is 0.0467 e. The summed E-state index contributed by atoms with van der Waals surface area (Å²) in [5.41, 5.74) is 20.5. The molecule has 0 saturated carbocycles. The van der Waals surface area contributed by atoms with E-state index in [0.717, 1.165) is 17.1 Å². The maximum atomic E-state index is 2.39. The van der Waals surface area contributed by atoms with Crippen molar-refractivity contribution >= 4 is 17.1 Å². The average Bonchev–Trinajstić information content (AvgIpc) is 3.27. The van der Waals surface area contributed by atoms with Crippen molar-refractivity contribution in [3.8, 4) is 77.9 Å². The van der Waals surface area contributed by atoms with E-state index in [-0.39, 0.29) is 0 Å². The molecule has 1 nitrogen and oxygen atoms in total. The highest BCUT2D eigenvalue weighted by molar-refractivity contribution is 6.04. The van der Waals surface area contributed by atoms with Crippen LogP contribution in [0.3, 0.4) is 0 Å². The van der Waals surface area contributed by atoms with Crippen LogP contribution in [0.25, 0.3) is 77.9 Å². The predicted octanol–water partition coefficient (Wildman–Crippen LogP) is 15.1. The van der Waals surface area contributed by atoms with Gasteiger partial charge in [0.15, 0.2) is 0 Å². The van der Waals surface area contributed by atoms with Gasteiger partial charge in [0.05, 0.1) is 0 Å². The van der Waals surface area contributed by atoms with E-state index in [9.17, 15) is 0 Å². The number of fused-ring (bicyclic) bond motifs is 8. The molecule has 0 amide bonds. The van der Waals surface area contributed by atoms with Crippen LogP contribution < -0.4 is 4.90 Å². The molecule has 1 aliphatic rings. The molecule has 0 fully saturated rings. The zero-order valence-electron chi connectivity index (χ0n) is 30.3. The van der Waals surface area contributed by atoms with Crippen LogP contribution in [-0.2, 0) is 0 Å². The Balaban J connectivity index is 1.10. The molecule has 0 bridgehead atoms. The van der Waals surface area contributed by atoms with E-state index in [2.05, 4.69) is 229 Å². The highest BCUT2D eigenvalue weighted by Gasteiger charge is 2.22. The smallest absolute Gasteiger partial charge is 0.0467 e. The third kappa shape index (κ3) is 6.02. The molecule has 0 unspecified atom stereocenters. The van der Waals surface area contributed by atoms with Crippen LogP contribution >= 0.6 is 0 Å². The normalized spacial score (nSPS) is 11.3. The van der Waals surface area contributed by atoms with Crippen molar-refractivity contribution < 1.29 is 0 Å². The van der Waals surface area contributed by atoms with Gasteiger partial charge < -0.3 is 4.90 Å². The van der Waals surface area contributed by atoms with E-state index in [1.54, 1.807) is 0 Å². The summed E-state index contributed by atoms with van der Waals surface area (Å²) in [7, 11) is 0. The Morgan fingerprint density at radius 3 is 0.964 bits per heavy atom. The molecule has 0 N–H and O–H groups in total. The van der Waals surface area contributed by atoms with Gasteiger partial charge in [-0.05, 0) is 120 Å². The summed E-state index contributed by atoms with van der Waals surface area (Å²) in [5.74, 6) is 0. The highest BCUT2D eigenvalue weighted by atomic mass is 15.1. The van der Waals surface area contributed by atoms with Crippen molar-refractivity contribution in [2.45, 2.75) is 0 Å². The number of benzene rings is 9. The Labute approximate surface area is 323 Å². The van der Waals surface area contributed by atoms with E-state index in [1.807, 2.05) is 0 Å². The maximum absolute atomic E-state index is 2.39. The first kappa shape index (κ1) is 32.4. The average molecular weight is 700 g/mol. The summed E-state index contributed by atoms with van der Waals surface area (Å²) >= 11 is 0. The highest BCUT2D eigenvalue weighted by Crippen LogP contribution is 2.48. The minimum Gasteiger partial charge on any atom is -0.310 e. The van der Waals surface area contributed by atoms with E-state index < -0.39 is 0 Å². The molecule has 0 spiro atoms. The Bertz CT molecular complexity index is 2690. The lowest BCUT2D eigenvalue weighted by molar-refractivity contribution is 1.28. The van der Waals surface area contributed by atoms with Crippen LogP contribution in [0.5, 0.6) is 0 Å². The van der Waals surface area contributed by atoms with E-state index in [4.69, 9.17) is 0 Å². The van der Waals surface area contributed by atoms with Crippen molar-refractivity contribution in [3.63, 3.8) is 0 Å². The number of rotatable bonds is 6. The van der Waals surface area contributed by atoms with Crippen LogP contribution in [0.15, 0.2) is 224 Å². The molecule has 0 atom stereocenters. The standard InChI is InChI=1S/C54H37N/c1-3-14-38(15-4-1)40-26-31-44(32-27-40)55(45-33-28-41(29-34-45)39-16-5-2-6-17-39)46-19-13-18-42(36-46)43-30-35-53-51-24-10-9-22-49(51)47-20-7-8-21-48(47)50-23-11-12-25-52(50)54(53)37-43/h1-37H. The second-order valence-corrected chi connectivity index (χ2v) is 14.1. The minimum atomic E-state index is 1.10. The van der Waals surface area contributed by atoms with Crippen LogP contribution in [0.1, 0.15) is 0 Å². The summed E-state index contributed by atoms with van der Waals surface area (Å²) in [6.07, 6.45) is 0. The van der Waals surface area contributed by atoms with Gasteiger partial charge in [-0.1, -0.05) is 182 Å². The molecule has 1 aliphatic carbocycles. The van der Waals surface area contributed by atoms with E-state index in [1.165, 1.54) is 77.9 Å². The third-order valence-corrected chi connectivity index (χ3v) is 10.9. The first-order chi connectivity index (χ1) is 27.3. The molecule has 0 aromatic heterocycles. The Morgan fingerprint density at radius 1 is 0.182 bits per heavy atom. The van der Waals surface area contributed by atoms with Gasteiger partial charge in [-0.25, -0.2) is 0 Å². The molecule has 10 rings (SSSR count). The largest absolute Gasteiger partial charge is 0.310 e. The van der Waals surface area contributed by atoms with Gasteiger partial charge in [0.25, 0.3) is 0 Å². The topological polar surface area (TPSA) is 3.24 Å². The first-order valence-corrected chi connectivity index (χ1v) is 18.9. The fourth-order valence-corrected chi connectivity index (χ4v) is 8.18. The van der Waals surface area contributed by atoms with Crippen LogP contribution in [0, 0.1) is 0 Å². The Morgan fingerprint density at radius 2 is 0.509 bits per heavy atom. The molecule has 0 aliphatic heterocycles. The predicted molar refractivity (Wildman–Crippen MR) is 233 cm³/mol. The van der Waals surface area contributed by atoms with Gasteiger partial charge in [-0.3, -0.25) is 0 Å². The van der Waals surface area contributed by atoms with Gasteiger partial charge in [-0.2, -0.15) is 0 Å². The van der Waals surface area contributed by atoms with Crippen molar-refractivity contribution in [2.75, 3.05) is 4.90 Å². The Hall–Kier alpha value is -7.22. The summed E-state index contributed by atoms with van der Waals surface area (Å²) in [4.78, 5) is 2.36. The van der Waals surface area contributed by atoms with Gasteiger partial charge >= 0.3 is 0 Å². The molecule has 9 aromatic rings. The lowest BCUT2D eigenvalue weighted by Crippen LogP contribution is -2.10. The van der Waals surface area contributed by atoms with Crippen molar-refractivity contribution in [1.82, 2.24) is 0 Å². The van der Waals surface area contributed by atoms with Crippen LogP contribution in [0.4, 0.5) is 17.1 Å². The minimum absolute atomic E-state index is 1.10. The molecule has 9 aromatic carbocycles. The quantitative estimate of drug-likeness (QED) is 0.167. The summed E-state index contributed by atoms with van der Waals surface area (Å²) in [6.45, 7) is 0. The van der Waals surface area contributed by atoms with Gasteiger partial charge in [0.1, 0.15) is 0 Å². The summed E-state index contributed by atoms with van der Waals surface area (Å²) < 4.78 is 0. The van der Waals surface area contributed by atoms with Crippen molar-refractivity contribution in [1.29, 1.82) is 0 Å². The molecule has 0 radical (unpaired) electrons. The lowest BCUT2D eigenvalue weighted by atomic mass is 9.80.